The Morgan fingerprint density at radius 3 is 2.57 bits per heavy atom. The maximum absolute atomic E-state index is 9.79. The van der Waals surface area contributed by atoms with E-state index in [2.05, 4.69) is 18.7 Å². The Morgan fingerprint density at radius 2 is 2.00 bits per heavy atom. The van der Waals surface area contributed by atoms with Crippen LogP contribution in [-0.2, 0) is 0 Å². The van der Waals surface area contributed by atoms with Crippen molar-refractivity contribution in [2.75, 3.05) is 19.6 Å². The Kier molecular flexibility index (Phi) is 3.13. The molecule has 0 amide bonds. The summed E-state index contributed by atoms with van der Waals surface area (Å²) in [4.78, 5) is 2.48. The molecule has 1 saturated heterocycles. The van der Waals surface area contributed by atoms with Crippen LogP contribution in [0, 0.1) is 17.8 Å². The average Bonchev–Trinajstić information content (AvgIpc) is 2.87. The molecule has 2 nitrogen and oxygen atoms in total. The molecule has 2 rings (SSSR count). The monoisotopic (exact) mass is 197 g/mol. The van der Waals surface area contributed by atoms with Gasteiger partial charge in [0.1, 0.15) is 0 Å². The van der Waals surface area contributed by atoms with Gasteiger partial charge in [-0.05, 0) is 37.0 Å². The van der Waals surface area contributed by atoms with Gasteiger partial charge in [0.15, 0.2) is 0 Å². The number of aliphatic hydroxyl groups is 1. The summed E-state index contributed by atoms with van der Waals surface area (Å²) < 4.78 is 0. The van der Waals surface area contributed by atoms with Gasteiger partial charge in [-0.15, -0.1) is 0 Å². The van der Waals surface area contributed by atoms with Crippen LogP contribution in [0.1, 0.15) is 33.1 Å². The van der Waals surface area contributed by atoms with Gasteiger partial charge in [0.25, 0.3) is 0 Å². The highest BCUT2D eigenvalue weighted by Gasteiger charge is 2.31. The van der Waals surface area contributed by atoms with Gasteiger partial charge >= 0.3 is 0 Å². The normalized spacial score (nSPS) is 35.1. The fourth-order valence-corrected chi connectivity index (χ4v) is 2.50. The highest BCUT2D eigenvalue weighted by molar-refractivity contribution is 4.84. The standard InChI is InChI=1S/C12H23NO/c1-9(2)11-5-12(14)8-13(7-11)6-10-3-4-10/h9-12,14H,3-8H2,1-2H3/t11-,12-/m0/s1. The number of hydrogen-bond acceptors (Lipinski definition) is 2. The molecular formula is C12H23NO. The van der Waals surface area contributed by atoms with Crippen LogP contribution in [0.3, 0.4) is 0 Å². The third-order valence-electron chi connectivity index (χ3n) is 3.69. The van der Waals surface area contributed by atoms with Crippen LogP contribution in [0.15, 0.2) is 0 Å². The minimum atomic E-state index is -0.0742. The van der Waals surface area contributed by atoms with E-state index in [9.17, 15) is 5.11 Å². The number of β-amino-alcohol motifs (C(OH)–C–C–N with tert-alkyl or cyclic N) is 1. The zero-order valence-corrected chi connectivity index (χ0v) is 9.45. The first-order valence-corrected chi connectivity index (χ1v) is 6.05. The molecule has 1 saturated carbocycles. The molecule has 0 bridgehead atoms. The second-order valence-electron chi connectivity index (χ2n) is 5.56. The Hall–Kier alpha value is -0.0800. The van der Waals surface area contributed by atoms with E-state index in [1.54, 1.807) is 0 Å². The Bertz CT molecular complexity index is 187. The highest BCUT2D eigenvalue weighted by Crippen LogP contribution is 2.32. The Balaban J connectivity index is 1.84. The van der Waals surface area contributed by atoms with E-state index in [1.165, 1.54) is 25.9 Å². The van der Waals surface area contributed by atoms with Crippen LogP contribution in [0.4, 0.5) is 0 Å². The van der Waals surface area contributed by atoms with Gasteiger partial charge in [-0.25, -0.2) is 0 Å². The maximum atomic E-state index is 9.79. The Labute approximate surface area is 87.3 Å². The van der Waals surface area contributed by atoms with Crippen molar-refractivity contribution >= 4 is 0 Å². The zero-order chi connectivity index (χ0) is 10.1. The van der Waals surface area contributed by atoms with E-state index in [1.807, 2.05) is 0 Å². The summed E-state index contributed by atoms with van der Waals surface area (Å²) in [6.07, 6.45) is 3.77. The lowest BCUT2D eigenvalue weighted by molar-refractivity contribution is 0.0242. The fraction of sp³-hybridized carbons (Fsp3) is 1.00. The van der Waals surface area contributed by atoms with Crippen molar-refractivity contribution in [1.29, 1.82) is 0 Å². The van der Waals surface area contributed by atoms with E-state index in [-0.39, 0.29) is 6.10 Å². The number of likely N-dealkylation sites (tertiary alicyclic amines) is 1. The molecule has 0 spiro atoms. The zero-order valence-electron chi connectivity index (χ0n) is 9.45. The van der Waals surface area contributed by atoms with E-state index in [4.69, 9.17) is 0 Å². The first kappa shape index (κ1) is 10.4. The lowest BCUT2D eigenvalue weighted by Crippen LogP contribution is -2.45. The van der Waals surface area contributed by atoms with Crippen LogP contribution >= 0.6 is 0 Å². The maximum Gasteiger partial charge on any atom is 0.0670 e. The van der Waals surface area contributed by atoms with Gasteiger partial charge in [-0.3, -0.25) is 0 Å². The molecule has 2 atom stereocenters. The number of nitrogens with zero attached hydrogens (tertiary/aromatic N) is 1. The molecule has 0 unspecified atom stereocenters. The largest absolute Gasteiger partial charge is 0.392 e. The molecule has 0 radical (unpaired) electrons. The molecule has 0 aromatic carbocycles. The van der Waals surface area contributed by atoms with Crippen molar-refractivity contribution in [2.24, 2.45) is 17.8 Å². The van der Waals surface area contributed by atoms with Crippen LogP contribution < -0.4 is 0 Å². The van der Waals surface area contributed by atoms with Gasteiger partial charge in [-0.1, -0.05) is 13.8 Å². The van der Waals surface area contributed by atoms with Gasteiger partial charge in [0.2, 0.25) is 0 Å². The minimum absolute atomic E-state index is 0.0742. The smallest absolute Gasteiger partial charge is 0.0670 e. The Morgan fingerprint density at radius 1 is 1.29 bits per heavy atom. The predicted octanol–water partition coefficient (Wildman–Crippen LogP) is 1.74. The van der Waals surface area contributed by atoms with Gasteiger partial charge in [0, 0.05) is 19.6 Å². The number of piperidine rings is 1. The number of aliphatic hydroxyl groups excluding tert-OH is 1. The molecule has 82 valence electrons. The van der Waals surface area contributed by atoms with Crippen LogP contribution in [0.2, 0.25) is 0 Å². The van der Waals surface area contributed by atoms with Crippen LogP contribution in [0.25, 0.3) is 0 Å². The summed E-state index contributed by atoms with van der Waals surface area (Å²) in [5.41, 5.74) is 0. The molecule has 1 N–H and O–H groups in total. The summed E-state index contributed by atoms with van der Waals surface area (Å²) in [6.45, 7) is 7.92. The molecule has 2 heteroatoms. The molecule has 0 aromatic heterocycles. The second-order valence-corrected chi connectivity index (χ2v) is 5.56. The summed E-state index contributed by atoms with van der Waals surface area (Å²) >= 11 is 0. The van der Waals surface area contributed by atoms with Crippen molar-refractivity contribution < 1.29 is 5.11 Å². The van der Waals surface area contributed by atoms with E-state index < -0.39 is 0 Å². The molecule has 2 aliphatic rings. The summed E-state index contributed by atoms with van der Waals surface area (Å²) in [5, 5.41) is 9.79. The van der Waals surface area contributed by atoms with Crippen LogP contribution in [-0.4, -0.2) is 35.7 Å². The predicted molar refractivity (Wildman–Crippen MR) is 58.1 cm³/mol. The molecule has 0 aromatic rings. The van der Waals surface area contributed by atoms with Crippen molar-refractivity contribution in [3.63, 3.8) is 0 Å². The lowest BCUT2D eigenvalue weighted by atomic mass is 9.86. The molecule has 2 fully saturated rings. The molecule has 1 aliphatic carbocycles. The van der Waals surface area contributed by atoms with E-state index in [0.717, 1.165) is 18.9 Å². The SMILES string of the molecule is CC(C)[C@H]1C[C@H](O)CN(CC2CC2)C1. The third-order valence-corrected chi connectivity index (χ3v) is 3.69. The van der Waals surface area contributed by atoms with Crippen molar-refractivity contribution in [2.45, 2.75) is 39.2 Å². The summed E-state index contributed by atoms with van der Waals surface area (Å²) in [6, 6.07) is 0. The molecule has 1 heterocycles. The lowest BCUT2D eigenvalue weighted by Gasteiger charge is -2.37. The fourth-order valence-electron chi connectivity index (χ4n) is 2.50. The van der Waals surface area contributed by atoms with Crippen molar-refractivity contribution in [3.8, 4) is 0 Å². The van der Waals surface area contributed by atoms with E-state index in [0.29, 0.717) is 11.8 Å². The number of rotatable bonds is 3. The molecule has 1 aliphatic heterocycles. The van der Waals surface area contributed by atoms with Crippen molar-refractivity contribution in [1.82, 2.24) is 4.90 Å². The first-order chi connectivity index (χ1) is 6.65. The van der Waals surface area contributed by atoms with Gasteiger partial charge in [0.05, 0.1) is 6.10 Å². The topological polar surface area (TPSA) is 23.5 Å². The van der Waals surface area contributed by atoms with Gasteiger partial charge < -0.3 is 10.0 Å². The highest BCUT2D eigenvalue weighted by atomic mass is 16.3. The minimum Gasteiger partial charge on any atom is -0.392 e. The second kappa shape index (κ2) is 4.19. The average molecular weight is 197 g/mol. The quantitative estimate of drug-likeness (QED) is 0.745. The van der Waals surface area contributed by atoms with Crippen LogP contribution in [0.5, 0.6) is 0 Å². The summed E-state index contributed by atoms with van der Waals surface area (Å²) in [5.74, 6) is 2.37. The molecular weight excluding hydrogens is 174 g/mol. The molecule has 14 heavy (non-hydrogen) atoms. The van der Waals surface area contributed by atoms with Gasteiger partial charge in [-0.2, -0.15) is 0 Å². The summed E-state index contributed by atoms with van der Waals surface area (Å²) in [7, 11) is 0. The number of hydrogen-bond donors (Lipinski definition) is 1. The first-order valence-electron chi connectivity index (χ1n) is 6.05. The van der Waals surface area contributed by atoms with E-state index >= 15 is 0 Å². The van der Waals surface area contributed by atoms with Crippen molar-refractivity contribution in [3.05, 3.63) is 0 Å². The third kappa shape index (κ3) is 2.71.